The maximum atomic E-state index is 6.14. The van der Waals surface area contributed by atoms with Crippen LogP contribution >= 0.6 is 0 Å². The molecule has 0 aromatic rings. The molecule has 2 fully saturated rings. The van der Waals surface area contributed by atoms with Gasteiger partial charge in [0, 0.05) is 12.3 Å². The second-order valence-electron chi connectivity index (χ2n) is 6.13. The first-order chi connectivity index (χ1) is 9.87. The normalized spacial score (nSPS) is 26.3. The van der Waals surface area contributed by atoms with Gasteiger partial charge in [-0.1, -0.05) is 18.9 Å². The van der Waals surface area contributed by atoms with E-state index in [4.69, 9.17) is 9.47 Å². The highest BCUT2D eigenvalue weighted by atomic mass is 16.7. The Balaban J connectivity index is 1.77. The predicted octanol–water partition coefficient (Wildman–Crippen LogP) is 3.65. The van der Waals surface area contributed by atoms with Crippen LogP contribution < -0.4 is 5.32 Å². The van der Waals surface area contributed by atoms with Crippen molar-refractivity contribution in [1.82, 2.24) is 5.32 Å². The van der Waals surface area contributed by atoms with Gasteiger partial charge in [-0.05, 0) is 51.6 Å². The van der Waals surface area contributed by atoms with Crippen molar-refractivity contribution in [2.75, 3.05) is 26.3 Å². The average molecular weight is 281 g/mol. The summed E-state index contributed by atoms with van der Waals surface area (Å²) >= 11 is 0. The molecule has 20 heavy (non-hydrogen) atoms. The van der Waals surface area contributed by atoms with E-state index >= 15 is 0 Å². The van der Waals surface area contributed by atoms with Crippen molar-refractivity contribution in [2.24, 2.45) is 5.92 Å². The fourth-order valence-corrected chi connectivity index (χ4v) is 3.50. The zero-order chi connectivity index (χ0) is 14.1. The van der Waals surface area contributed by atoms with Crippen molar-refractivity contribution in [1.29, 1.82) is 0 Å². The van der Waals surface area contributed by atoms with Gasteiger partial charge in [0.05, 0.1) is 13.2 Å². The van der Waals surface area contributed by atoms with Gasteiger partial charge in [-0.25, -0.2) is 0 Å². The lowest BCUT2D eigenvalue weighted by Gasteiger charge is -2.42. The average Bonchev–Trinajstić information content (AvgIpc) is 2.67. The van der Waals surface area contributed by atoms with Gasteiger partial charge in [0.25, 0.3) is 0 Å². The number of nitrogens with one attached hydrogen (secondary N) is 1. The summed E-state index contributed by atoms with van der Waals surface area (Å²) in [6.45, 7) is 7.66. The maximum absolute atomic E-state index is 6.14. The third kappa shape index (κ3) is 4.57. The van der Waals surface area contributed by atoms with Gasteiger partial charge in [0.2, 0.25) is 0 Å². The van der Waals surface area contributed by atoms with Gasteiger partial charge in [-0.2, -0.15) is 0 Å². The molecule has 1 aliphatic heterocycles. The molecule has 1 heterocycles. The molecule has 1 saturated carbocycles. The van der Waals surface area contributed by atoms with E-state index < -0.39 is 0 Å². The SMILES string of the molecule is C=CCCNCCCC1CCCCCC12OCCCO2. The molecule has 0 aromatic heterocycles. The summed E-state index contributed by atoms with van der Waals surface area (Å²) in [4.78, 5) is 0. The molecular weight excluding hydrogens is 250 g/mol. The van der Waals surface area contributed by atoms with Crippen molar-refractivity contribution in [3.8, 4) is 0 Å². The molecule has 3 nitrogen and oxygen atoms in total. The van der Waals surface area contributed by atoms with Crippen LogP contribution in [0.5, 0.6) is 0 Å². The van der Waals surface area contributed by atoms with Crippen molar-refractivity contribution in [3.05, 3.63) is 12.7 Å². The highest BCUT2D eigenvalue weighted by Crippen LogP contribution is 2.40. The Kier molecular flexibility index (Phi) is 7.05. The van der Waals surface area contributed by atoms with Crippen molar-refractivity contribution in [3.63, 3.8) is 0 Å². The highest BCUT2D eigenvalue weighted by Gasteiger charge is 2.42. The van der Waals surface area contributed by atoms with Crippen LogP contribution in [0.4, 0.5) is 0 Å². The number of hydrogen-bond donors (Lipinski definition) is 1. The second-order valence-corrected chi connectivity index (χ2v) is 6.13. The maximum Gasteiger partial charge on any atom is 0.171 e. The first kappa shape index (κ1) is 16.0. The van der Waals surface area contributed by atoms with Gasteiger partial charge in [-0.3, -0.25) is 0 Å². The van der Waals surface area contributed by atoms with Crippen LogP contribution in [0.15, 0.2) is 12.7 Å². The summed E-state index contributed by atoms with van der Waals surface area (Å²) in [6, 6.07) is 0. The molecule has 1 unspecified atom stereocenters. The highest BCUT2D eigenvalue weighted by molar-refractivity contribution is 4.84. The van der Waals surface area contributed by atoms with E-state index in [2.05, 4.69) is 11.9 Å². The lowest BCUT2D eigenvalue weighted by molar-refractivity contribution is -0.297. The molecule has 2 rings (SSSR count). The first-order valence-electron chi connectivity index (χ1n) is 8.47. The third-order valence-electron chi connectivity index (χ3n) is 4.61. The van der Waals surface area contributed by atoms with E-state index in [-0.39, 0.29) is 5.79 Å². The molecule has 1 atom stereocenters. The molecule has 1 N–H and O–H groups in total. The summed E-state index contributed by atoms with van der Waals surface area (Å²) < 4.78 is 12.3. The van der Waals surface area contributed by atoms with Gasteiger partial charge < -0.3 is 14.8 Å². The van der Waals surface area contributed by atoms with E-state index in [1.54, 1.807) is 0 Å². The van der Waals surface area contributed by atoms with Crippen molar-refractivity contribution in [2.45, 2.75) is 63.6 Å². The van der Waals surface area contributed by atoms with E-state index in [1.165, 1.54) is 38.5 Å². The van der Waals surface area contributed by atoms with E-state index in [9.17, 15) is 0 Å². The lowest BCUT2D eigenvalue weighted by atomic mass is 9.88. The fourth-order valence-electron chi connectivity index (χ4n) is 3.50. The zero-order valence-corrected chi connectivity index (χ0v) is 12.9. The van der Waals surface area contributed by atoms with Crippen LogP contribution in [0.25, 0.3) is 0 Å². The van der Waals surface area contributed by atoms with E-state index in [0.29, 0.717) is 5.92 Å². The summed E-state index contributed by atoms with van der Waals surface area (Å²) in [5, 5.41) is 3.48. The number of rotatable bonds is 7. The number of hydrogen-bond acceptors (Lipinski definition) is 3. The van der Waals surface area contributed by atoms with Crippen LogP contribution in [0.2, 0.25) is 0 Å². The summed E-state index contributed by atoms with van der Waals surface area (Å²) in [6.07, 6.45) is 12.8. The van der Waals surface area contributed by atoms with Crippen LogP contribution in [-0.4, -0.2) is 32.1 Å². The molecule has 0 radical (unpaired) electrons. The molecule has 3 heteroatoms. The first-order valence-corrected chi connectivity index (χ1v) is 8.47. The predicted molar refractivity (Wildman–Crippen MR) is 82.7 cm³/mol. The Labute approximate surface area is 124 Å². The summed E-state index contributed by atoms with van der Waals surface area (Å²) in [5.74, 6) is 0.349. The molecule has 0 bridgehead atoms. The third-order valence-corrected chi connectivity index (χ3v) is 4.61. The van der Waals surface area contributed by atoms with Gasteiger partial charge in [-0.15, -0.1) is 6.58 Å². The Bertz CT molecular complexity index is 274. The quantitative estimate of drug-likeness (QED) is 0.571. The van der Waals surface area contributed by atoms with Crippen molar-refractivity contribution < 1.29 is 9.47 Å². The van der Waals surface area contributed by atoms with E-state index in [0.717, 1.165) is 45.6 Å². The minimum absolute atomic E-state index is 0.240. The van der Waals surface area contributed by atoms with Crippen LogP contribution in [0, 0.1) is 5.92 Å². The Hall–Kier alpha value is -0.380. The second kappa shape index (κ2) is 8.81. The molecule has 1 aliphatic carbocycles. The molecule has 1 saturated heterocycles. The minimum atomic E-state index is -0.240. The monoisotopic (exact) mass is 281 g/mol. The van der Waals surface area contributed by atoms with Gasteiger partial charge in [0.1, 0.15) is 0 Å². The number of ether oxygens (including phenoxy) is 2. The van der Waals surface area contributed by atoms with Gasteiger partial charge >= 0.3 is 0 Å². The molecule has 1 spiro atoms. The minimum Gasteiger partial charge on any atom is -0.350 e. The van der Waals surface area contributed by atoms with E-state index in [1.807, 2.05) is 6.08 Å². The van der Waals surface area contributed by atoms with Crippen LogP contribution in [0.3, 0.4) is 0 Å². The Morgan fingerprint density at radius 2 is 1.95 bits per heavy atom. The summed E-state index contributed by atoms with van der Waals surface area (Å²) in [5.41, 5.74) is 0. The smallest absolute Gasteiger partial charge is 0.171 e. The molecule has 0 amide bonds. The topological polar surface area (TPSA) is 30.5 Å². The Morgan fingerprint density at radius 3 is 2.75 bits per heavy atom. The Morgan fingerprint density at radius 1 is 1.10 bits per heavy atom. The zero-order valence-electron chi connectivity index (χ0n) is 12.9. The standard InChI is InChI=1S/C17H31NO2/c1-2-3-12-18-13-7-10-16-9-5-4-6-11-17(16)19-14-8-15-20-17/h2,16,18H,1,3-15H2. The molecular formula is C17H31NO2. The fraction of sp³-hybridized carbons (Fsp3) is 0.882. The lowest BCUT2D eigenvalue weighted by Crippen LogP contribution is -2.46. The van der Waals surface area contributed by atoms with Crippen molar-refractivity contribution >= 4 is 0 Å². The molecule has 2 aliphatic rings. The molecule has 0 aromatic carbocycles. The van der Waals surface area contributed by atoms with Crippen LogP contribution in [0.1, 0.15) is 57.8 Å². The molecule has 116 valence electrons. The summed E-state index contributed by atoms with van der Waals surface area (Å²) in [7, 11) is 0. The van der Waals surface area contributed by atoms with Gasteiger partial charge in [0.15, 0.2) is 5.79 Å². The van der Waals surface area contributed by atoms with Crippen LogP contribution in [-0.2, 0) is 9.47 Å². The largest absolute Gasteiger partial charge is 0.350 e.